The van der Waals surface area contributed by atoms with Crippen LogP contribution in [0.25, 0.3) is 0 Å². The third-order valence-corrected chi connectivity index (χ3v) is 3.56. The smallest absolute Gasteiger partial charge is 0.269 e. The molecule has 5 nitrogen and oxygen atoms in total. The number of para-hydroxylation sites is 1. The van der Waals surface area contributed by atoms with E-state index in [0.29, 0.717) is 12.3 Å². The molecule has 0 unspecified atom stereocenters. The normalized spacial score (nSPS) is 17.8. The molecule has 104 valence electrons. The molecule has 0 saturated heterocycles. The molecule has 1 aromatic carbocycles. The van der Waals surface area contributed by atoms with Gasteiger partial charge in [-0.1, -0.05) is 18.2 Å². The summed E-state index contributed by atoms with van der Waals surface area (Å²) in [4.78, 5) is 12.2. The molecule has 0 spiro atoms. The summed E-state index contributed by atoms with van der Waals surface area (Å²) in [5.41, 5.74) is 1.76. The molecule has 3 rings (SSSR count). The number of rotatable bonds is 2. The lowest BCUT2D eigenvalue weighted by Gasteiger charge is -2.16. The minimum atomic E-state index is -0.107. The van der Waals surface area contributed by atoms with E-state index >= 15 is 0 Å². The van der Waals surface area contributed by atoms with Crippen LogP contribution in [0.5, 0.6) is 5.75 Å². The molecular formula is C15H17N3O2. The minimum absolute atomic E-state index is 0.0183. The van der Waals surface area contributed by atoms with Gasteiger partial charge in [0.25, 0.3) is 5.91 Å². The number of carbonyl (C=O) groups is 1. The first-order valence-electron chi connectivity index (χ1n) is 6.73. The van der Waals surface area contributed by atoms with Crippen LogP contribution in [-0.4, -0.2) is 28.3 Å². The third-order valence-electron chi connectivity index (χ3n) is 3.56. The summed E-state index contributed by atoms with van der Waals surface area (Å²) in [5.74, 6) is 0.814. The summed E-state index contributed by atoms with van der Waals surface area (Å²) in [6.45, 7) is 0.501. The maximum atomic E-state index is 12.2. The van der Waals surface area contributed by atoms with E-state index in [-0.39, 0.29) is 11.9 Å². The highest BCUT2D eigenvalue weighted by atomic mass is 16.5. The number of aryl methyl sites for hydroxylation is 2. The van der Waals surface area contributed by atoms with Crippen LogP contribution in [0.4, 0.5) is 0 Å². The molecule has 0 aliphatic carbocycles. The van der Waals surface area contributed by atoms with Gasteiger partial charge in [-0.2, -0.15) is 5.10 Å². The predicted molar refractivity (Wildman–Crippen MR) is 74.7 cm³/mol. The quantitative estimate of drug-likeness (QED) is 0.901. The first-order valence-corrected chi connectivity index (χ1v) is 6.73. The van der Waals surface area contributed by atoms with Crippen molar-refractivity contribution in [3.8, 4) is 5.75 Å². The molecule has 0 saturated carbocycles. The second-order valence-corrected chi connectivity index (χ2v) is 4.97. The van der Waals surface area contributed by atoms with Crippen LogP contribution < -0.4 is 10.1 Å². The predicted octanol–water partition coefficient (Wildman–Crippen LogP) is 1.54. The van der Waals surface area contributed by atoms with Gasteiger partial charge in [-0.15, -0.1) is 0 Å². The lowest BCUT2D eigenvalue weighted by atomic mass is 10.1. The first kappa shape index (κ1) is 12.7. The van der Waals surface area contributed by atoms with E-state index in [9.17, 15) is 4.79 Å². The number of aromatic nitrogens is 2. The van der Waals surface area contributed by atoms with E-state index in [4.69, 9.17) is 4.74 Å². The van der Waals surface area contributed by atoms with Gasteiger partial charge < -0.3 is 10.1 Å². The molecule has 1 aliphatic heterocycles. The van der Waals surface area contributed by atoms with Gasteiger partial charge in [0.2, 0.25) is 0 Å². The van der Waals surface area contributed by atoms with Crippen LogP contribution in [0.15, 0.2) is 36.5 Å². The van der Waals surface area contributed by atoms with Crippen molar-refractivity contribution >= 4 is 5.91 Å². The van der Waals surface area contributed by atoms with E-state index in [1.165, 1.54) is 5.56 Å². The average molecular weight is 271 g/mol. The van der Waals surface area contributed by atoms with Crippen molar-refractivity contribution in [2.45, 2.75) is 18.9 Å². The number of hydrogen-bond donors (Lipinski definition) is 1. The Bertz CT molecular complexity index is 594. The minimum Gasteiger partial charge on any atom is -0.491 e. The number of fused-ring (bicyclic) bond motifs is 1. The highest BCUT2D eigenvalue weighted by molar-refractivity contribution is 5.92. The molecule has 1 atom stereocenters. The van der Waals surface area contributed by atoms with Crippen molar-refractivity contribution in [1.82, 2.24) is 15.1 Å². The Morgan fingerprint density at radius 1 is 1.40 bits per heavy atom. The van der Waals surface area contributed by atoms with Crippen LogP contribution >= 0.6 is 0 Å². The van der Waals surface area contributed by atoms with Crippen molar-refractivity contribution in [2.24, 2.45) is 7.05 Å². The number of hydrogen-bond acceptors (Lipinski definition) is 3. The fourth-order valence-corrected chi connectivity index (χ4v) is 2.42. The second kappa shape index (κ2) is 5.36. The van der Waals surface area contributed by atoms with Crippen LogP contribution in [-0.2, 0) is 13.5 Å². The molecule has 1 N–H and O–H groups in total. The lowest BCUT2D eigenvalue weighted by Crippen LogP contribution is -2.39. The Balaban J connectivity index is 1.66. The topological polar surface area (TPSA) is 56.2 Å². The summed E-state index contributed by atoms with van der Waals surface area (Å²) >= 11 is 0. The molecule has 0 fully saturated rings. The third kappa shape index (κ3) is 2.52. The Kier molecular flexibility index (Phi) is 3.41. The van der Waals surface area contributed by atoms with Crippen molar-refractivity contribution in [3.05, 3.63) is 47.8 Å². The Morgan fingerprint density at radius 3 is 3.05 bits per heavy atom. The second-order valence-electron chi connectivity index (χ2n) is 4.97. The van der Waals surface area contributed by atoms with E-state index in [1.807, 2.05) is 18.2 Å². The number of nitrogens with zero attached hydrogens (tertiary/aromatic N) is 2. The van der Waals surface area contributed by atoms with Crippen molar-refractivity contribution < 1.29 is 9.53 Å². The number of ether oxygens (including phenoxy) is 1. The first-order chi connectivity index (χ1) is 9.74. The fourth-order valence-electron chi connectivity index (χ4n) is 2.42. The van der Waals surface area contributed by atoms with Crippen LogP contribution in [0.3, 0.4) is 0 Å². The molecule has 20 heavy (non-hydrogen) atoms. The zero-order valence-electron chi connectivity index (χ0n) is 11.4. The molecule has 1 aromatic heterocycles. The van der Waals surface area contributed by atoms with Gasteiger partial charge >= 0.3 is 0 Å². The van der Waals surface area contributed by atoms with Crippen molar-refractivity contribution in [3.63, 3.8) is 0 Å². The van der Waals surface area contributed by atoms with Crippen LogP contribution in [0.2, 0.25) is 0 Å². The number of carbonyl (C=O) groups excluding carboxylic acids is 1. The molecule has 2 aromatic rings. The summed E-state index contributed by atoms with van der Waals surface area (Å²) in [5, 5.41) is 7.02. The Hall–Kier alpha value is -2.30. The molecule has 5 heteroatoms. The lowest BCUT2D eigenvalue weighted by molar-refractivity contribution is 0.0912. The zero-order valence-corrected chi connectivity index (χ0v) is 11.4. The fraction of sp³-hybridized carbons (Fsp3) is 0.333. The monoisotopic (exact) mass is 271 g/mol. The summed E-state index contributed by atoms with van der Waals surface area (Å²) in [6.07, 6.45) is 3.40. The van der Waals surface area contributed by atoms with Gasteiger partial charge in [-0.25, -0.2) is 0 Å². The van der Waals surface area contributed by atoms with E-state index in [1.54, 1.807) is 24.0 Å². The maximum absolute atomic E-state index is 12.2. The van der Waals surface area contributed by atoms with Crippen LogP contribution in [0, 0.1) is 0 Å². The van der Waals surface area contributed by atoms with Crippen molar-refractivity contribution in [2.75, 3.05) is 6.61 Å². The van der Waals surface area contributed by atoms with Crippen LogP contribution in [0.1, 0.15) is 22.5 Å². The van der Waals surface area contributed by atoms with E-state index in [2.05, 4.69) is 16.5 Å². The SMILES string of the molecule is Cn1nccc1C(=O)N[C@@H]1CCc2ccccc2OC1. The van der Waals surface area contributed by atoms with Gasteiger partial charge in [0.15, 0.2) is 0 Å². The highest BCUT2D eigenvalue weighted by Gasteiger charge is 2.20. The molecule has 0 radical (unpaired) electrons. The highest BCUT2D eigenvalue weighted by Crippen LogP contribution is 2.23. The number of amides is 1. The largest absolute Gasteiger partial charge is 0.491 e. The Labute approximate surface area is 117 Å². The molecule has 1 aliphatic rings. The molecule has 0 bridgehead atoms. The Morgan fingerprint density at radius 2 is 2.25 bits per heavy atom. The van der Waals surface area contributed by atoms with E-state index < -0.39 is 0 Å². The van der Waals surface area contributed by atoms with E-state index in [0.717, 1.165) is 18.6 Å². The molecule has 2 heterocycles. The number of benzene rings is 1. The van der Waals surface area contributed by atoms with Gasteiger partial charge in [0, 0.05) is 13.2 Å². The maximum Gasteiger partial charge on any atom is 0.269 e. The van der Waals surface area contributed by atoms with Crippen molar-refractivity contribution in [1.29, 1.82) is 0 Å². The summed E-state index contributed by atoms with van der Waals surface area (Å²) < 4.78 is 7.34. The van der Waals surface area contributed by atoms with Gasteiger partial charge in [-0.3, -0.25) is 9.48 Å². The zero-order chi connectivity index (χ0) is 13.9. The standard InChI is InChI=1S/C15H17N3O2/c1-18-13(8-9-16-18)15(19)17-12-7-6-11-4-2-3-5-14(11)20-10-12/h2-5,8-9,12H,6-7,10H2,1H3,(H,17,19)/t12-/m1/s1. The average Bonchev–Trinajstić information content (AvgIpc) is 2.78. The summed E-state index contributed by atoms with van der Waals surface area (Å²) in [7, 11) is 1.76. The van der Waals surface area contributed by atoms with Gasteiger partial charge in [0.1, 0.15) is 18.1 Å². The summed E-state index contributed by atoms with van der Waals surface area (Å²) in [6, 6.07) is 9.75. The number of nitrogens with one attached hydrogen (secondary N) is 1. The molecular weight excluding hydrogens is 254 g/mol. The van der Waals surface area contributed by atoms with Gasteiger partial charge in [-0.05, 0) is 30.5 Å². The van der Waals surface area contributed by atoms with Gasteiger partial charge in [0.05, 0.1) is 6.04 Å². The molecule has 1 amide bonds.